The van der Waals surface area contributed by atoms with E-state index in [2.05, 4.69) is 0 Å². The van der Waals surface area contributed by atoms with Crippen molar-refractivity contribution < 1.29 is 93.6 Å². The average molecular weight is 861 g/mol. The smallest absolute Gasteiger partial charge is 0.339 e. The molecule has 1 saturated heterocycles. The van der Waals surface area contributed by atoms with Crippen LogP contribution in [0.3, 0.4) is 0 Å². The highest BCUT2D eigenvalue weighted by Gasteiger charge is 2.49. The maximum atomic E-state index is 12.7. The van der Waals surface area contributed by atoms with E-state index in [0.717, 1.165) is 90.4 Å². The number of aromatic hydroxyl groups is 1. The maximum Gasteiger partial charge on any atom is 0.339 e. The molecular formula is C41H64O19. The number of aliphatic hydroxyl groups is 6. The Kier molecular flexibility index (Phi) is 24.2. The summed E-state index contributed by atoms with van der Waals surface area (Å²) in [4.78, 5) is 58.7. The van der Waals surface area contributed by atoms with Gasteiger partial charge in [0.2, 0.25) is 0 Å². The average Bonchev–Trinajstić information content (AvgIpc) is 3.18. The number of rotatable bonds is 30. The van der Waals surface area contributed by atoms with Gasteiger partial charge in [0.1, 0.15) is 61.0 Å². The van der Waals surface area contributed by atoms with Gasteiger partial charge in [0.15, 0.2) is 18.5 Å². The Morgan fingerprint density at radius 3 is 1.90 bits per heavy atom. The summed E-state index contributed by atoms with van der Waals surface area (Å²) in [6.45, 7) is 0.705. The van der Waals surface area contributed by atoms with Crippen molar-refractivity contribution in [2.24, 2.45) is 0 Å². The van der Waals surface area contributed by atoms with Crippen LogP contribution >= 0.6 is 0 Å². The predicted octanol–water partition coefficient (Wildman–Crippen LogP) is 1.88. The van der Waals surface area contributed by atoms with E-state index in [-0.39, 0.29) is 11.3 Å². The zero-order valence-corrected chi connectivity index (χ0v) is 34.3. The number of ether oxygens (including phenoxy) is 5. The maximum absolute atomic E-state index is 12.7. The number of benzene rings is 1. The minimum atomic E-state index is -2.35. The highest BCUT2D eigenvalue weighted by atomic mass is 16.7. The van der Waals surface area contributed by atoms with E-state index in [9.17, 15) is 64.8 Å². The van der Waals surface area contributed by atoms with E-state index in [0.29, 0.717) is 18.4 Å². The lowest BCUT2D eigenvalue weighted by atomic mass is 9.98. The number of carboxylic acid groups (broad SMARTS) is 2. The summed E-state index contributed by atoms with van der Waals surface area (Å²) in [6.07, 6.45) is -5.06. The molecule has 60 heavy (non-hydrogen) atoms. The van der Waals surface area contributed by atoms with Crippen LogP contribution in [-0.4, -0.2) is 150 Å². The molecule has 0 aromatic heterocycles. The van der Waals surface area contributed by atoms with Gasteiger partial charge in [-0.3, -0.25) is 14.4 Å². The highest BCUT2D eigenvalue weighted by molar-refractivity contribution is 5.92. The molecule has 1 aromatic carbocycles. The van der Waals surface area contributed by atoms with Crippen molar-refractivity contribution in [3.05, 3.63) is 29.3 Å². The fourth-order valence-electron chi connectivity index (χ4n) is 6.83. The number of carbonyl (C=O) groups is 5. The number of carbonyl (C=O) groups excluding carboxylic acids is 3. The molecule has 2 rings (SSSR count). The van der Waals surface area contributed by atoms with Crippen LogP contribution in [0.15, 0.2) is 18.2 Å². The van der Waals surface area contributed by atoms with E-state index < -0.39 is 111 Å². The quantitative estimate of drug-likeness (QED) is 0.0231. The Labute approximate surface area is 349 Å². The molecule has 0 saturated carbocycles. The van der Waals surface area contributed by atoms with Crippen LogP contribution < -0.4 is 0 Å². The van der Waals surface area contributed by atoms with Gasteiger partial charge in [0.05, 0.1) is 12.7 Å². The molecule has 0 bridgehead atoms. The van der Waals surface area contributed by atoms with Gasteiger partial charge in [-0.25, -0.2) is 9.59 Å². The van der Waals surface area contributed by atoms with E-state index in [1.165, 1.54) is 6.07 Å². The minimum Gasteiger partial charge on any atom is -0.507 e. The fourth-order valence-corrected chi connectivity index (χ4v) is 6.83. The molecule has 1 aliphatic rings. The van der Waals surface area contributed by atoms with Crippen LogP contribution in [-0.2, 0) is 49.3 Å². The van der Waals surface area contributed by atoms with Gasteiger partial charge in [-0.05, 0) is 44.2 Å². The number of phenols is 1. The van der Waals surface area contributed by atoms with E-state index in [1.807, 2.05) is 0 Å². The van der Waals surface area contributed by atoms with Crippen molar-refractivity contribution in [2.75, 3.05) is 13.2 Å². The Morgan fingerprint density at radius 2 is 1.37 bits per heavy atom. The van der Waals surface area contributed by atoms with Crippen molar-refractivity contribution in [2.45, 2.75) is 178 Å². The molecule has 10 atom stereocenters. The number of carboxylic acids is 2. The standard InChI is InChI=1S/C41H64O19/c1-24(17-14-12-10-8-6-4-3-5-7-9-11-13-15-18-26-19-16-20-27(44)32(26)39(53)54)57-40(55)37(52)35(50)34(49)29(23-56-31(47)21-30(45)46)60-41-38(58-25(2)43)36(51)33(48)28(22-42)59-41/h16,19-20,24,28-29,33-38,41-42,44,48-52H,3-15,17-18,21-23H2,1-2H3,(H,45,46)(H,53,54). The summed E-state index contributed by atoms with van der Waals surface area (Å²) in [6, 6.07) is 4.79. The van der Waals surface area contributed by atoms with Crippen LogP contribution in [0, 0.1) is 0 Å². The third kappa shape index (κ3) is 18.3. The van der Waals surface area contributed by atoms with E-state index in [1.54, 1.807) is 19.1 Å². The van der Waals surface area contributed by atoms with Crippen LogP contribution in [0.2, 0.25) is 0 Å². The van der Waals surface area contributed by atoms with Gasteiger partial charge >= 0.3 is 29.8 Å². The van der Waals surface area contributed by atoms with Crippen LogP contribution in [0.5, 0.6) is 5.75 Å². The first-order chi connectivity index (χ1) is 28.5. The number of aliphatic carboxylic acids is 1. The van der Waals surface area contributed by atoms with E-state index >= 15 is 0 Å². The zero-order chi connectivity index (χ0) is 44.8. The molecule has 19 nitrogen and oxygen atoms in total. The Bertz CT molecular complexity index is 1470. The number of aliphatic hydroxyl groups excluding tert-OH is 6. The van der Waals surface area contributed by atoms with Crippen molar-refractivity contribution in [3.63, 3.8) is 0 Å². The fraction of sp³-hybridized carbons (Fsp3) is 0.732. The number of aromatic carboxylic acids is 1. The van der Waals surface area contributed by atoms with Gasteiger partial charge in [0, 0.05) is 6.92 Å². The molecular weight excluding hydrogens is 796 g/mol. The number of esters is 3. The second-order valence-corrected chi connectivity index (χ2v) is 15.1. The van der Waals surface area contributed by atoms with Crippen LogP contribution in [0.1, 0.15) is 126 Å². The molecule has 0 amide bonds. The summed E-state index contributed by atoms with van der Waals surface area (Å²) in [5.41, 5.74) is 0.642. The first kappa shape index (κ1) is 52.2. The molecule has 0 spiro atoms. The SMILES string of the molecule is CC(=O)OC1C(OC(COC(=O)CC(=O)O)C(O)C(O)C(O)C(=O)OC(C)CCCCCCCCCCCCCCCc2cccc(O)c2C(=O)O)OC(CO)C(O)C1O. The molecule has 9 N–H and O–H groups in total. The third-order valence-corrected chi connectivity index (χ3v) is 10.2. The molecule has 1 aromatic rings. The second-order valence-electron chi connectivity index (χ2n) is 15.1. The molecule has 0 radical (unpaired) electrons. The Hall–Kier alpha value is -3.95. The monoisotopic (exact) mass is 860 g/mol. The van der Waals surface area contributed by atoms with Crippen molar-refractivity contribution in [1.82, 2.24) is 0 Å². The molecule has 0 aliphatic carbocycles. The van der Waals surface area contributed by atoms with Crippen molar-refractivity contribution in [3.8, 4) is 5.75 Å². The van der Waals surface area contributed by atoms with Gasteiger partial charge in [-0.2, -0.15) is 0 Å². The van der Waals surface area contributed by atoms with Gasteiger partial charge in [-0.1, -0.05) is 82.8 Å². The lowest BCUT2D eigenvalue weighted by Crippen LogP contribution is -2.62. The van der Waals surface area contributed by atoms with E-state index in [4.69, 9.17) is 28.8 Å². The zero-order valence-electron chi connectivity index (χ0n) is 34.3. The van der Waals surface area contributed by atoms with Gasteiger partial charge in [0.25, 0.3) is 0 Å². The topological polar surface area (TPSA) is 314 Å². The second kappa shape index (κ2) is 27.8. The predicted molar refractivity (Wildman–Crippen MR) is 208 cm³/mol. The lowest BCUT2D eigenvalue weighted by molar-refractivity contribution is -0.324. The molecule has 10 unspecified atom stereocenters. The van der Waals surface area contributed by atoms with Crippen LogP contribution in [0.4, 0.5) is 0 Å². The summed E-state index contributed by atoms with van der Waals surface area (Å²) < 4.78 is 26.0. The van der Waals surface area contributed by atoms with Crippen LogP contribution in [0.25, 0.3) is 0 Å². The highest BCUT2D eigenvalue weighted by Crippen LogP contribution is 2.28. The molecule has 1 fully saturated rings. The lowest BCUT2D eigenvalue weighted by Gasteiger charge is -2.43. The summed E-state index contributed by atoms with van der Waals surface area (Å²) in [5, 5.41) is 90.7. The minimum absolute atomic E-state index is 0.0128. The first-order valence-corrected chi connectivity index (χ1v) is 20.6. The molecule has 19 heteroatoms. The summed E-state index contributed by atoms with van der Waals surface area (Å²) in [7, 11) is 0. The van der Waals surface area contributed by atoms with Crippen molar-refractivity contribution in [1.29, 1.82) is 0 Å². The number of unbranched alkanes of at least 4 members (excludes halogenated alkanes) is 12. The summed E-state index contributed by atoms with van der Waals surface area (Å²) >= 11 is 0. The molecule has 1 heterocycles. The Balaban J connectivity index is 1.72. The number of hydrogen-bond donors (Lipinski definition) is 9. The molecule has 1 aliphatic heterocycles. The first-order valence-electron chi connectivity index (χ1n) is 20.6. The summed E-state index contributed by atoms with van der Waals surface area (Å²) in [5.74, 6) is -6.41. The number of hydrogen-bond acceptors (Lipinski definition) is 17. The molecule has 342 valence electrons. The number of aryl methyl sites for hydroxylation is 1. The van der Waals surface area contributed by atoms with Gasteiger partial charge in [-0.15, -0.1) is 0 Å². The third-order valence-electron chi connectivity index (χ3n) is 10.2. The van der Waals surface area contributed by atoms with Crippen molar-refractivity contribution >= 4 is 29.8 Å². The largest absolute Gasteiger partial charge is 0.507 e. The van der Waals surface area contributed by atoms with Gasteiger partial charge < -0.3 is 69.6 Å². The Morgan fingerprint density at radius 1 is 0.800 bits per heavy atom. The normalized spacial score (nSPS) is 21.6.